The minimum Gasteiger partial charge on any atom is -0.465 e. The summed E-state index contributed by atoms with van der Waals surface area (Å²) >= 11 is 6.08. The van der Waals surface area contributed by atoms with Gasteiger partial charge in [0.2, 0.25) is 0 Å². The second-order valence-corrected chi connectivity index (χ2v) is 8.92. The average molecular weight is 532 g/mol. The molecule has 4 nitrogen and oxygen atoms in total. The zero-order valence-corrected chi connectivity index (χ0v) is 23.7. The van der Waals surface area contributed by atoms with Gasteiger partial charge in [0.25, 0.3) is 0 Å². The van der Waals surface area contributed by atoms with Crippen LogP contribution in [-0.2, 0) is 11.2 Å². The van der Waals surface area contributed by atoms with E-state index in [9.17, 15) is 9.90 Å². The normalized spacial score (nSPS) is 11.2. The van der Waals surface area contributed by atoms with Gasteiger partial charge in [-0.3, -0.25) is 0 Å². The van der Waals surface area contributed by atoms with E-state index < -0.39 is 6.10 Å². The highest BCUT2D eigenvalue weighted by Gasteiger charge is 2.14. The molecule has 1 aromatic heterocycles. The van der Waals surface area contributed by atoms with E-state index in [-0.39, 0.29) is 5.97 Å². The summed E-state index contributed by atoms with van der Waals surface area (Å²) in [6.07, 6.45) is 5.58. The molecule has 1 atom stereocenters. The van der Waals surface area contributed by atoms with Crippen LogP contribution in [0.15, 0.2) is 78.9 Å². The number of ether oxygens (including phenoxy) is 1. The Bertz CT molecular complexity index is 1330. The fraction of sp³-hybridized carbons (Fsp3) is 0.273. The average Bonchev–Trinajstić information content (AvgIpc) is 2.96. The third-order valence-corrected chi connectivity index (χ3v) is 5.76. The van der Waals surface area contributed by atoms with Crippen molar-refractivity contribution in [2.45, 2.75) is 53.1 Å². The van der Waals surface area contributed by atoms with Gasteiger partial charge in [0.15, 0.2) is 0 Å². The molecular weight excluding hydrogens is 494 g/mol. The molecule has 0 aliphatic carbocycles. The van der Waals surface area contributed by atoms with Crippen molar-refractivity contribution in [3.8, 4) is 0 Å². The van der Waals surface area contributed by atoms with Crippen LogP contribution in [0.5, 0.6) is 0 Å². The van der Waals surface area contributed by atoms with Crippen LogP contribution >= 0.6 is 11.6 Å². The number of carbonyl (C=O) groups is 1. The molecule has 0 aliphatic rings. The van der Waals surface area contributed by atoms with E-state index in [1.54, 1.807) is 12.1 Å². The highest BCUT2D eigenvalue weighted by Crippen LogP contribution is 2.23. The Morgan fingerprint density at radius 1 is 0.974 bits per heavy atom. The van der Waals surface area contributed by atoms with Gasteiger partial charge in [-0.15, -0.1) is 0 Å². The number of methoxy groups -OCH3 is 1. The molecule has 0 saturated carbocycles. The van der Waals surface area contributed by atoms with Crippen LogP contribution in [0.25, 0.3) is 23.1 Å². The smallest absolute Gasteiger partial charge is 0.338 e. The highest BCUT2D eigenvalue weighted by atomic mass is 35.5. The van der Waals surface area contributed by atoms with Crippen LogP contribution in [-0.4, -0.2) is 23.2 Å². The SMILES string of the molecule is CC.CCC.COC(=O)c1ccccc1CC[C@H](O)c1cccc(/C=C/c2ccc3ccc(Cl)cc3n2)c1. The molecule has 0 bridgehead atoms. The first-order valence-corrected chi connectivity index (χ1v) is 13.5. The zero-order chi connectivity index (χ0) is 27.9. The predicted molar refractivity (Wildman–Crippen MR) is 160 cm³/mol. The first-order chi connectivity index (χ1) is 18.4. The van der Waals surface area contributed by atoms with Crippen LogP contribution in [0, 0.1) is 0 Å². The molecule has 38 heavy (non-hydrogen) atoms. The number of aliphatic hydroxyl groups excluding tert-OH is 1. The van der Waals surface area contributed by atoms with Crippen LogP contribution < -0.4 is 0 Å². The van der Waals surface area contributed by atoms with Crippen LogP contribution in [0.3, 0.4) is 0 Å². The van der Waals surface area contributed by atoms with Crippen molar-refractivity contribution in [2.75, 3.05) is 7.11 Å². The maximum absolute atomic E-state index is 12.0. The van der Waals surface area contributed by atoms with E-state index in [1.165, 1.54) is 13.5 Å². The summed E-state index contributed by atoms with van der Waals surface area (Å²) in [5, 5.41) is 12.5. The molecule has 0 aliphatic heterocycles. The second-order valence-electron chi connectivity index (χ2n) is 8.49. The van der Waals surface area contributed by atoms with Gasteiger partial charge in [-0.1, -0.05) is 100 Å². The van der Waals surface area contributed by atoms with Crippen molar-refractivity contribution in [3.05, 3.63) is 112 Å². The largest absolute Gasteiger partial charge is 0.465 e. The number of aromatic nitrogens is 1. The number of esters is 1. The van der Waals surface area contributed by atoms with Crippen molar-refractivity contribution < 1.29 is 14.6 Å². The molecule has 0 saturated heterocycles. The lowest BCUT2D eigenvalue weighted by atomic mass is 9.97. The number of hydrogen-bond acceptors (Lipinski definition) is 4. The number of carbonyl (C=O) groups excluding carboxylic acids is 1. The molecule has 1 N–H and O–H groups in total. The summed E-state index contributed by atoms with van der Waals surface area (Å²) in [4.78, 5) is 16.6. The first kappa shape index (κ1) is 30.8. The van der Waals surface area contributed by atoms with E-state index in [1.807, 2.05) is 92.7 Å². The Morgan fingerprint density at radius 2 is 1.68 bits per heavy atom. The molecule has 0 spiro atoms. The van der Waals surface area contributed by atoms with Gasteiger partial charge >= 0.3 is 5.97 Å². The van der Waals surface area contributed by atoms with E-state index in [0.717, 1.165) is 33.3 Å². The van der Waals surface area contributed by atoms with Gasteiger partial charge in [0.1, 0.15) is 0 Å². The fourth-order valence-corrected chi connectivity index (χ4v) is 3.92. The number of benzene rings is 3. The molecule has 4 rings (SSSR count). The number of aryl methyl sites for hydroxylation is 1. The van der Waals surface area contributed by atoms with Crippen LogP contribution in [0.2, 0.25) is 5.02 Å². The Hall–Kier alpha value is -3.47. The van der Waals surface area contributed by atoms with Crippen molar-refractivity contribution >= 4 is 40.6 Å². The van der Waals surface area contributed by atoms with E-state index in [0.29, 0.717) is 23.4 Å². The number of pyridine rings is 1. The predicted octanol–water partition coefficient (Wildman–Crippen LogP) is 8.95. The van der Waals surface area contributed by atoms with Crippen LogP contribution in [0.1, 0.15) is 79.4 Å². The quantitative estimate of drug-likeness (QED) is 0.242. The summed E-state index contributed by atoms with van der Waals surface area (Å²) in [5.41, 5.74) is 4.87. The third-order valence-electron chi connectivity index (χ3n) is 5.53. The summed E-state index contributed by atoms with van der Waals surface area (Å²) in [5.74, 6) is -0.364. The topological polar surface area (TPSA) is 59.4 Å². The number of aliphatic hydroxyl groups is 1. The monoisotopic (exact) mass is 531 g/mol. The zero-order valence-electron chi connectivity index (χ0n) is 22.9. The molecule has 0 unspecified atom stereocenters. The number of hydrogen-bond donors (Lipinski definition) is 1. The number of fused-ring (bicyclic) bond motifs is 1. The molecule has 0 amide bonds. The minimum absolute atomic E-state index is 0.364. The maximum atomic E-state index is 12.0. The van der Waals surface area contributed by atoms with Gasteiger partial charge in [-0.25, -0.2) is 9.78 Å². The molecule has 0 radical (unpaired) electrons. The third kappa shape index (κ3) is 9.13. The Balaban J connectivity index is 0.000000947. The van der Waals surface area contributed by atoms with Crippen molar-refractivity contribution in [1.29, 1.82) is 0 Å². The summed E-state index contributed by atoms with van der Waals surface area (Å²) < 4.78 is 4.86. The summed E-state index contributed by atoms with van der Waals surface area (Å²) in [6, 6.07) is 24.7. The Kier molecular flexibility index (Phi) is 13.3. The van der Waals surface area contributed by atoms with Gasteiger partial charge in [0, 0.05) is 10.4 Å². The summed E-state index contributed by atoms with van der Waals surface area (Å²) in [6.45, 7) is 8.25. The second kappa shape index (κ2) is 16.4. The van der Waals surface area contributed by atoms with E-state index in [4.69, 9.17) is 16.3 Å². The molecule has 5 heteroatoms. The molecule has 200 valence electrons. The number of rotatable bonds is 7. The number of nitrogens with zero attached hydrogens (tertiary/aromatic N) is 1. The number of halogens is 1. The molecular formula is C33H38ClNO3. The molecule has 4 aromatic rings. The minimum atomic E-state index is -0.648. The lowest BCUT2D eigenvalue weighted by Gasteiger charge is -2.13. The first-order valence-electron chi connectivity index (χ1n) is 13.1. The van der Waals surface area contributed by atoms with Gasteiger partial charge < -0.3 is 9.84 Å². The lowest BCUT2D eigenvalue weighted by molar-refractivity contribution is 0.0599. The standard InChI is InChI=1S/C28H24ClNO3.C3H8.C2H6/c1-33-28(32)25-8-3-2-6-20(25)12-16-27(31)22-7-4-5-19(17-22)9-14-24-15-11-21-10-13-23(29)18-26(21)30-24;1-3-2;1-2/h2-11,13-15,17-18,27,31H,12,16H2,1H3;3H2,1-2H3;1-2H3/b14-9+;;/t27-;;/m0../s1. The fourth-order valence-electron chi connectivity index (χ4n) is 3.76. The van der Waals surface area contributed by atoms with Crippen LogP contribution in [0.4, 0.5) is 0 Å². The van der Waals surface area contributed by atoms with E-state index >= 15 is 0 Å². The molecule has 1 heterocycles. The van der Waals surface area contributed by atoms with Gasteiger partial charge in [0.05, 0.1) is 30.0 Å². The van der Waals surface area contributed by atoms with Crippen molar-refractivity contribution in [3.63, 3.8) is 0 Å². The lowest BCUT2D eigenvalue weighted by Crippen LogP contribution is -2.07. The van der Waals surface area contributed by atoms with Gasteiger partial charge in [-0.2, -0.15) is 0 Å². The van der Waals surface area contributed by atoms with E-state index in [2.05, 4.69) is 18.8 Å². The summed E-state index contributed by atoms with van der Waals surface area (Å²) in [7, 11) is 1.37. The van der Waals surface area contributed by atoms with Crippen molar-refractivity contribution in [2.24, 2.45) is 0 Å². The van der Waals surface area contributed by atoms with Gasteiger partial charge in [-0.05, 0) is 65.9 Å². The molecule has 0 fully saturated rings. The molecule has 3 aromatic carbocycles. The highest BCUT2D eigenvalue weighted by molar-refractivity contribution is 6.31. The Labute approximate surface area is 232 Å². The Morgan fingerprint density at radius 3 is 2.42 bits per heavy atom. The van der Waals surface area contributed by atoms with Crippen molar-refractivity contribution in [1.82, 2.24) is 4.98 Å². The maximum Gasteiger partial charge on any atom is 0.338 e.